The van der Waals surface area contributed by atoms with Gasteiger partial charge >= 0.3 is 5.97 Å². The van der Waals surface area contributed by atoms with Crippen molar-refractivity contribution in [1.82, 2.24) is 0 Å². The molecule has 4 nitrogen and oxygen atoms in total. The lowest BCUT2D eigenvalue weighted by atomic mass is 9.89. The van der Waals surface area contributed by atoms with Gasteiger partial charge in [-0.15, -0.1) is 0 Å². The molecule has 0 bridgehead atoms. The van der Waals surface area contributed by atoms with Gasteiger partial charge in [0.1, 0.15) is 5.82 Å². The fraction of sp³-hybridized carbons (Fsp3) is 0.467. The Hall–Kier alpha value is -1.91. The van der Waals surface area contributed by atoms with Gasteiger partial charge in [-0.05, 0) is 31.4 Å². The highest BCUT2D eigenvalue weighted by atomic mass is 19.1. The number of carbonyl (C=O) groups excluding carboxylic acids is 1. The average molecular weight is 279 g/mol. The van der Waals surface area contributed by atoms with Crippen molar-refractivity contribution in [2.45, 2.75) is 20.3 Å². The molecule has 1 aliphatic heterocycles. The molecule has 2 unspecified atom stereocenters. The average Bonchev–Trinajstić information content (AvgIpc) is 2.37. The van der Waals surface area contributed by atoms with Crippen LogP contribution in [0.4, 0.5) is 10.1 Å². The molecule has 1 N–H and O–H groups in total. The summed E-state index contributed by atoms with van der Waals surface area (Å²) in [6.45, 7) is 4.23. The molecule has 1 aromatic rings. The van der Waals surface area contributed by atoms with Gasteiger partial charge in [-0.3, -0.25) is 9.59 Å². The summed E-state index contributed by atoms with van der Waals surface area (Å²) in [6, 6.07) is 4.48. The predicted octanol–water partition coefficient (Wildman–Crippen LogP) is 2.58. The number of anilines is 1. The van der Waals surface area contributed by atoms with Crippen LogP contribution in [0.15, 0.2) is 18.2 Å². The van der Waals surface area contributed by atoms with Gasteiger partial charge in [-0.1, -0.05) is 13.0 Å². The molecule has 2 rings (SSSR count). The van der Waals surface area contributed by atoms with Crippen molar-refractivity contribution in [3.8, 4) is 0 Å². The molecule has 2 atom stereocenters. The highest BCUT2D eigenvalue weighted by Gasteiger charge is 2.31. The van der Waals surface area contributed by atoms with Gasteiger partial charge in [0, 0.05) is 13.1 Å². The number of benzene rings is 1. The van der Waals surface area contributed by atoms with E-state index in [1.165, 1.54) is 13.0 Å². The van der Waals surface area contributed by atoms with Gasteiger partial charge in [0.25, 0.3) is 0 Å². The zero-order valence-corrected chi connectivity index (χ0v) is 11.6. The number of carboxylic acids is 1. The van der Waals surface area contributed by atoms with E-state index >= 15 is 0 Å². The van der Waals surface area contributed by atoms with Crippen LogP contribution in [-0.2, 0) is 4.79 Å². The Bertz CT molecular complexity index is 544. The van der Waals surface area contributed by atoms with Crippen LogP contribution in [0.2, 0.25) is 0 Å². The van der Waals surface area contributed by atoms with Crippen LogP contribution < -0.4 is 4.90 Å². The Morgan fingerprint density at radius 2 is 2.05 bits per heavy atom. The van der Waals surface area contributed by atoms with Crippen LogP contribution in [0.5, 0.6) is 0 Å². The Kier molecular flexibility index (Phi) is 4.06. The van der Waals surface area contributed by atoms with Crippen molar-refractivity contribution >= 4 is 17.4 Å². The number of aliphatic carboxylic acids is 1. The first-order valence-corrected chi connectivity index (χ1v) is 6.67. The maximum absolute atomic E-state index is 13.8. The summed E-state index contributed by atoms with van der Waals surface area (Å²) in [7, 11) is 0. The zero-order valence-electron chi connectivity index (χ0n) is 11.6. The van der Waals surface area contributed by atoms with E-state index in [1.54, 1.807) is 12.1 Å². The third kappa shape index (κ3) is 2.81. The Morgan fingerprint density at radius 1 is 1.35 bits per heavy atom. The van der Waals surface area contributed by atoms with E-state index in [-0.39, 0.29) is 17.3 Å². The van der Waals surface area contributed by atoms with Gasteiger partial charge in [-0.25, -0.2) is 4.39 Å². The molecule has 1 heterocycles. The summed E-state index contributed by atoms with van der Waals surface area (Å²) in [5.74, 6) is -2.04. The predicted molar refractivity (Wildman–Crippen MR) is 73.5 cm³/mol. The molecule has 1 fully saturated rings. The molecular weight excluding hydrogens is 261 g/mol. The van der Waals surface area contributed by atoms with Crippen LogP contribution in [0.3, 0.4) is 0 Å². The smallest absolute Gasteiger partial charge is 0.308 e. The lowest BCUT2D eigenvalue weighted by Crippen LogP contribution is -2.43. The molecule has 0 saturated carbocycles. The molecule has 20 heavy (non-hydrogen) atoms. The highest BCUT2D eigenvalue weighted by molar-refractivity contribution is 6.00. The standard InChI is InChI=1S/C15H18FNO3/c1-9-6-11(15(19)20)8-17(7-9)13-5-3-4-12(16)14(13)10(2)18/h3-5,9,11H,6-8H2,1-2H3,(H,19,20). The maximum Gasteiger partial charge on any atom is 0.308 e. The zero-order chi connectivity index (χ0) is 14.9. The van der Waals surface area contributed by atoms with Crippen LogP contribution in [0.1, 0.15) is 30.6 Å². The van der Waals surface area contributed by atoms with Gasteiger partial charge < -0.3 is 10.0 Å². The first kappa shape index (κ1) is 14.5. The van der Waals surface area contributed by atoms with Crippen molar-refractivity contribution < 1.29 is 19.1 Å². The van der Waals surface area contributed by atoms with E-state index in [0.29, 0.717) is 25.2 Å². The first-order chi connectivity index (χ1) is 9.40. The number of nitrogens with zero attached hydrogens (tertiary/aromatic N) is 1. The molecular formula is C15H18FNO3. The molecule has 0 aromatic heterocycles. The Labute approximate surface area is 117 Å². The summed E-state index contributed by atoms with van der Waals surface area (Å²) in [4.78, 5) is 24.7. The second-order valence-electron chi connectivity index (χ2n) is 5.47. The number of rotatable bonds is 3. The lowest BCUT2D eigenvalue weighted by molar-refractivity contribution is -0.142. The molecule has 0 radical (unpaired) electrons. The topological polar surface area (TPSA) is 57.6 Å². The van der Waals surface area contributed by atoms with Crippen molar-refractivity contribution in [3.63, 3.8) is 0 Å². The summed E-state index contributed by atoms with van der Waals surface area (Å²) >= 11 is 0. The van der Waals surface area contributed by atoms with Crippen molar-refractivity contribution in [2.75, 3.05) is 18.0 Å². The number of ketones is 1. The Morgan fingerprint density at radius 3 is 2.65 bits per heavy atom. The van der Waals surface area contributed by atoms with Crippen LogP contribution in [0, 0.1) is 17.7 Å². The molecule has 108 valence electrons. The third-order valence-corrected chi connectivity index (χ3v) is 3.69. The molecule has 1 aliphatic rings. The monoisotopic (exact) mass is 279 g/mol. The molecule has 5 heteroatoms. The SMILES string of the molecule is CC(=O)c1c(F)cccc1N1CC(C)CC(C(=O)O)C1. The van der Waals surface area contributed by atoms with E-state index < -0.39 is 17.7 Å². The summed E-state index contributed by atoms with van der Waals surface area (Å²) < 4.78 is 13.8. The number of halogens is 1. The maximum atomic E-state index is 13.8. The van der Waals surface area contributed by atoms with Gasteiger partial charge in [0.15, 0.2) is 5.78 Å². The molecule has 0 amide bonds. The number of hydrogen-bond donors (Lipinski definition) is 1. The lowest BCUT2D eigenvalue weighted by Gasteiger charge is -2.37. The molecule has 0 spiro atoms. The quantitative estimate of drug-likeness (QED) is 0.864. The van der Waals surface area contributed by atoms with Gasteiger partial charge in [-0.2, -0.15) is 0 Å². The molecule has 0 aliphatic carbocycles. The Balaban J connectivity index is 2.38. The fourth-order valence-electron chi connectivity index (χ4n) is 2.85. The number of piperidine rings is 1. The fourth-order valence-corrected chi connectivity index (χ4v) is 2.85. The molecule has 1 aromatic carbocycles. The number of hydrogen-bond acceptors (Lipinski definition) is 3. The normalized spacial score (nSPS) is 22.6. The molecule has 1 saturated heterocycles. The van der Waals surface area contributed by atoms with Crippen molar-refractivity contribution in [2.24, 2.45) is 11.8 Å². The van der Waals surface area contributed by atoms with Crippen LogP contribution >= 0.6 is 0 Å². The summed E-state index contributed by atoms with van der Waals surface area (Å²) in [5, 5.41) is 9.19. The van der Waals surface area contributed by atoms with E-state index in [9.17, 15) is 19.1 Å². The van der Waals surface area contributed by atoms with E-state index in [4.69, 9.17) is 0 Å². The van der Waals surface area contributed by atoms with E-state index in [0.717, 1.165) is 0 Å². The minimum absolute atomic E-state index is 0.0470. The third-order valence-electron chi connectivity index (χ3n) is 3.69. The van der Waals surface area contributed by atoms with Crippen LogP contribution in [0.25, 0.3) is 0 Å². The first-order valence-electron chi connectivity index (χ1n) is 6.67. The van der Waals surface area contributed by atoms with E-state index in [1.807, 2.05) is 11.8 Å². The largest absolute Gasteiger partial charge is 0.481 e. The van der Waals surface area contributed by atoms with Crippen molar-refractivity contribution in [3.05, 3.63) is 29.6 Å². The van der Waals surface area contributed by atoms with Gasteiger partial charge in [0.05, 0.1) is 17.2 Å². The van der Waals surface area contributed by atoms with Crippen LogP contribution in [-0.4, -0.2) is 29.9 Å². The minimum Gasteiger partial charge on any atom is -0.481 e. The summed E-state index contributed by atoms with van der Waals surface area (Å²) in [5.41, 5.74) is 0.543. The second kappa shape index (κ2) is 5.61. The van der Waals surface area contributed by atoms with E-state index in [2.05, 4.69) is 0 Å². The summed E-state index contributed by atoms with van der Waals surface area (Å²) in [6.07, 6.45) is 0.608. The number of Topliss-reactive ketones (excluding diaryl/α,β-unsaturated/α-hetero) is 1. The minimum atomic E-state index is -0.845. The highest BCUT2D eigenvalue weighted by Crippen LogP contribution is 2.30. The number of carboxylic acid groups (broad SMARTS) is 1. The van der Waals surface area contributed by atoms with Gasteiger partial charge in [0.2, 0.25) is 0 Å². The second-order valence-corrected chi connectivity index (χ2v) is 5.47. The van der Waals surface area contributed by atoms with Crippen molar-refractivity contribution in [1.29, 1.82) is 0 Å². The number of carbonyl (C=O) groups is 2.